The number of ether oxygens (including phenoxy) is 1. The topological polar surface area (TPSA) is 93.9 Å². The molecule has 2 fully saturated rings. The first-order valence-electron chi connectivity index (χ1n) is 10.9. The zero-order chi connectivity index (χ0) is 23.0. The number of nitrogens with zero attached hydrogens (tertiary/aromatic N) is 3. The average molecular weight is 441 g/mol. The molecule has 166 valence electrons. The van der Waals surface area contributed by atoms with E-state index in [9.17, 15) is 20.0 Å². The number of amides is 2. The van der Waals surface area contributed by atoms with Gasteiger partial charge in [-0.05, 0) is 40.8 Å². The number of fused-ring (bicyclic) bond motifs is 1. The molecule has 0 saturated carbocycles. The van der Waals surface area contributed by atoms with Crippen LogP contribution in [0.25, 0.3) is 21.9 Å². The van der Waals surface area contributed by atoms with E-state index in [4.69, 9.17) is 4.74 Å². The van der Waals surface area contributed by atoms with E-state index in [1.807, 2.05) is 60.7 Å². The lowest BCUT2D eigenvalue weighted by Gasteiger charge is -2.42. The maximum Gasteiger partial charge on any atom is 0.259 e. The summed E-state index contributed by atoms with van der Waals surface area (Å²) >= 11 is 0. The molecule has 2 aliphatic heterocycles. The average Bonchev–Trinajstić information content (AvgIpc) is 2.86. The Morgan fingerprint density at radius 2 is 1.58 bits per heavy atom. The Balaban J connectivity index is 1.27. The molecule has 0 atom stereocenters. The second-order valence-electron chi connectivity index (χ2n) is 8.54. The van der Waals surface area contributed by atoms with Gasteiger partial charge in [-0.1, -0.05) is 36.4 Å². The van der Waals surface area contributed by atoms with E-state index in [0.717, 1.165) is 21.9 Å². The molecule has 3 aromatic carbocycles. The van der Waals surface area contributed by atoms with E-state index in [-0.39, 0.29) is 25.0 Å². The van der Waals surface area contributed by atoms with Crippen LogP contribution in [0.15, 0.2) is 60.7 Å². The second-order valence-corrected chi connectivity index (χ2v) is 8.54. The van der Waals surface area contributed by atoms with Gasteiger partial charge in [-0.15, -0.1) is 0 Å². The summed E-state index contributed by atoms with van der Waals surface area (Å²) in [6.07, 6.45) is 0. The molecule has 2 amide bonds. The Bertz CT molecular complexity index is 1270. The van der Waals surface area contributed by atoms with Crippen molar-refractivity contribution in [2.45, 2.75) is 5.60 Å². The van der Waals surface area contributed by atoms with Gasteiger partial charge in [-0.3, -0.25) is 9.59 Å². The van der Waals surface area contributed by atoms with Crippen molar-refractivity contribution in [2.24, 2.45) is 0 Å². The van der Waals surface area contributed by atoms with Gasteiger partial charge in [0.15, 0.2) is 5.60 Å². The summed E-state index contributed by atoms with van der Waals surface area (Å²) in [7, 11) is 0. The van der Waals surface area contributed by atoms with Crippen LogP contribution in [0.3, 0.4) is 0 Å². The fourth-order valence-corrected chi connectivity index (χ4v) is 4.36. The number of aliphatic hydroxyl groups is 1. The molecular weight excluding hydrogens is 418 g/mol. The van der Waals surface area contributed by atoms with Gasteiger partial charge in [-0.25, -0.2) is 0 Å². The van der Waals surface area contributed by atoms with Crippen LogP contribution in [0, 0.1) is 11.3 Å². The molecule has 2 saturated heterocycles. The molecule has 7 heteroatoms. The van der Waals surface area contributed by atoms with Crippen molar-refractivity contribution in [3.05, 3.63) is 71.8 Å². The van der Waals surface area contributed by atoms with Crippen molar-refractivity contribution >= 4 is 22.6 Å². The molecule has 33 heavy (non-hydrogen) atoms. The second kappa shape index (κ2) is 8.32. The molecule has 0 aromatic heterocycles. The van der Waals surface area contributed by atoms with Gasteiger partial charge < -0.3 is 19.6 Å². The lowest BCUT2D eigenvalue weighted by atomic mass is 9.98. The Hall–Kier alpha value is -3.73. The van der Waals surface area contributed by atoms with Crippen molar-refractivity contribution in [3.8, 4) is 17.2 Å². The minimum Gasteiger partial charge on any atom is -0.376 e. The van der Waals surface area contributed by atoms with Gasteiger partial charge in [0, 0.05) is 37.1 Å². The van der Waals surface area contributed by atoms with E-state index in [1.54, 1.807) is 9.80 Å². The standard InChI is InChI=1S/C26H23N3O4/c27-15-22-3-1-2-19-6-9-21(14-23(19)22)18-4-7-20(8-5-18)24(30)28-10-12-29(13-11-28)25(31)26(32)16-33-17-26/h1-9,14,32H,10-13,16-17H2. The molecule has 0 unspecified atom stereocenters. The number of hydrogen-bond donors (Lipinski definition) is 1. The van der Waals surface area contributed by atoms with Gasteiger partial charge >= 0.3 is 0 Å². The highest BCUT2D eigenvalue weighted by Gasteiger charge is 2.46. The van der Waals surface area contributed by atoms with Crippen LogP contribution < -0.4 is 0 Å². The lowest BCUT2D eigenvalue weighted by molar-refractivity contribution is -0.201. The summed E-state index contributed by atoms with van der Waals surface area (Å²) in [6.45, 7) is 1.70. The summed E-state index contributed by atoms with van der Waals surface area (Å²) in [5.41, 5.74) is 1.76. The summed E-state index contributed by atoms with van der Waals surface area (Å²) in [5, 5.41) is 21.5. The summed E-state index contributed by atoms with van der Waals surface area (Å²) in [5.74, 6) is -0.398. The molecule has 1 N–H and O–H groups in total. The van der Waals surface area contributed by atoms with E-state index >= 15 is 0 Å². The number of piperazine rings is 1. The van der Waals surface area contributed by atoms with Crippen molar-refractivity contribution < 1.29 is 19.4 Å². The van der Waals surface area contributed by atoms with Gasteiger partial charge in [-0.2, -0.15) is 5.26 Å². The summed E-state index contributed by atoms with van der Waals surface area (Å²) in [6, 6.07) is 21.4. The third kappa shape index (κ3) is 3.84. The summed E-state index contributed by atoms with van der Waals surface area (Å²) < 4.78 is 4.96. The highest BCUT2D eigenvalue weighted by atomic mass is 16.5. The van der Waals surface area contributed by atoms with E-state index in [1.165, 1.54) is 0 Å². The van der Waals surface area contributed by atoms with Crippen LogP contribution in [-0.2, 0) is 9.53 Å². The quantitative estimate of drug-likeness (QED) is 0.674. The Labute approximate surface area is 191 Å². The normalized spacial score (nSPS) is 17.3. The van der Waals surface area contributed by atoms with Crippen LogP contribution in [0.4, 0.5) is 0 Å². The predicted molar refractivity (Wildman–Crippen MR) is 122 cm³/mol. The fraction of sp³-hybridized carbons (Fsp3) is 0.269. The molecular formula is C26H23N3O4. The number of carbonyl (C=O) groups excluding carboxylic acids is 2. The van der Waals surface area contributed by atoms with E-state index in [2.05, 4.69) is 6.07 Å². The largest absolute Gasteiger partial charge is 0.376 e. The van der Waals surface area contributed by atoms with Crippen LogP contribution in [0.1, 0.15) is 15.9 Å². The third-order valence-electron chi connectivity index (χ3n) is 6.40. The van der Waals surface area contributed by atoms with Crippen molar-refractivity contribution in [1.29, 1.82) is 5.26 Å². The molecule has 2 aliphatic rings. The van der Waals surface area contributed by atoms with Gasteiger partial charge in [0.05, 0.1) is 24.8 Å². The predicted octanol–water partition coefficient (Wildman–Crippen LogP) is 2.42. The maximum atomic E-state index is 13.0. The van der Waals surface area contributed by atoms with Crippen LogP contribution in [-0.4, -0.2) is 71.7 Å². The number of hydrogen-bond acceptors (Lipinski definition) is 5. The Morgan fingerprint density at radius 1 is 0.909 bits per heavy atom. The first-order valence-corrected chi connectivity index (χ1v) is 10.9. The van der Waals surface area contributed by atoms with Crippen LogP contribution >= 0.6 is 0 Å². The number of rotatable bonds is 3. The monoisotopic (exact) mass is 441 g/mol. The molecule has 0 aliphatic carbocycles. The minimum atomic E-state index is -1.40. The number of carbonyl (C=O) groups is 2. The number of benzene rings is 3. The fourth-order valence-electron chi connectivity index (χ4n) is 4.36. The molecule has 0 bridgehead atoms. The number of nitriles is 1. The van der Waals surface area contributed by atoms with Gasteiger partial charge in [0.25, 0.3) is 11.8 Å². The highest BCUT2D eigenvalue weighted by molar-refractivity contribution is 5.96. The first-order chi connectivity index (χ1) is 16.0. The lowest BCUT2D eigenvalue weighted by Crippen LogP contribution is -2.64. The van der Waals surface area contributed by atoms with Crippen molar-refractivity contribution in [2.75, 3.05) is 39.4 Å². The third-order valence-corrected chi connectivity index (χ3v) is 6.40. The van der Waals surface area contributed by atoms with Crippen LogP contribution in [0.5, 0.6) is 0 Å². The molecule has 5 rings (SSSR count). The van der Waals surface area contributed by atoms with E-state index in [0.29, 0.717) is 37.3 Å². The van der Waals surface area contributed by atoms with Crippen molar-refractivity contribution in [3.63, 3.8) is 0 Å². The molecule has 0 spiro atoms. The maximum absolute atomic E-state index is 13.0. The Kier molecular flexibility index (Phi) is 5.33. The molecule has 7 nitrogen and oxygen atoms in total. The van der Waals surface area contributed by atoms with Gasteiger partial charge in [0.1, 0.15) is 0 Å². The molecule has 0 radical (unpaired) electrons. The zero-order valence-electron chi connectivity index (χ0n) is 18.0. The molecule has 3 aromatic rings. The smallest absolute Gasteiger partial charge is 0.259 e. The summed E-state index contributed by atoms with van der Waals surface area (Å²) in [4.78, 5) is 28.7. The highest BCUT2D eigenvalue weighted by Crippen LogP contribution is 2.27. The van der Waals surface area contributed by atoms with Crippen LogP contribution in [0.2, 0.25) is 0 Å². The van der Waals surface area contributed by atoms with Crippen molar-refractivity contribution in [1.82, 2.24) is 9.80 Å². The van der Waals surface area contributed by atoms with Gasteiger partial charge in [0.2, 0.25) is 0 Å². The SMILES string of the molecule is N#Cc1cccc2ccc(-c3ccc(C(=O)N4CCN(C(=O)C5(O)COC5)CC4)cc3)cc12. The first kappa shape index (κ1) is 21.1. The minimum absolute atomic E-state index is 0.0341. The van der Waals surface area contributed by atoms with E-state index < -0.39 is 5.60 Å². The Morgan fingerprint density at radius 3 is 2.21 bits per heavy atom. The zero-order valence-corrected chi connectivity index (χ0v) is 18.0. The molecule has 2 heterocycles.